The summed E-state index contributed by atoms with van der Waals surface area (Å²) in [4.78, 5) is 15.4. The molecule has 1 N–H and O–H groups in total. The number of aryl methyl sites for hydroxylation is 1. The molecule has 0 aliphatic carbocycles. The average molecular weight is 326 g/mol. The maximum Gasteiger partial charge on any atom is 0.410 e. The van der Waals surface area contributed by atoms with Crippen LogP contribution in [-0.2, 0) is 16.0 Å². The number of nitrogens with one attached hydrogen (secondary N) is 1. The normalized spacial score (nSPS) is 19.3. The molecule has 5 nitrogen and oxygen atoms in total. The van der Waals surface area contributed by atoms with Crippen LogP contribution in [0.15, 0.2) is 11.4 Å². The van der Waals surface area contributed by atoms with E-state index >= 15 is 0 Å². The summed E-state index contributed by atoms with van der Waals surface area (Å²) in [5, 5.41) is 5.53. The Hall–Kier alpha value is -1.11. The largest absolute Gasteiger partial charge is 0.444 e. The van der Waals surface area contributed by atoms with Crippen LogP contribution in [0.4, 0.5) is 4.79 Å². The van der Waals surface area contributed by atoms with Gasteiger partial charge in [0.25, 0.3) is 0 Å². The summed E-state index contributed by atoms with van der Waals surface area (Å²) in [6.07, 6.45) is -0.255. The zero-order chi connectivity index (χ0) is 16.2. The molecule has 2 rings (SSSR count). The van der Waals surface area contributed by atoms with E-state index in [-0.39, 0.29) is 12.1 Å². The van der Waals surface area contributed by atoms with E-state index in [4.69, 9.17) is 9.47 Å². The van der Waals surface area contributed by atoms with Crippen molar-refractivity contribution in [3.05, 3.63) is 21.9 Å². The number of carbonyl (C=O) groups excluding carboxylic acids is 1. The van der Waals surface area contributed by atoms with Gasteiger partial charge in [-0.3, -0.25) is 4.90 Å². The van der Waals surface area contributed by atoms with E-state index < -0.39 is 5.60 Å². The van der Waals surface area contributed by atoms with Crippen molar-refractivity contribution >= 4 is 17.4 Å². The number of ether oxygens (including phenoxy) is 2. The minimum absolute atomic E-state index is 0.0175. The fourth-order valence-electron chi connectivity index (χ4n) is 2.32. The maximum atomic E-state index is 12.3. The van der Waals surface area contributed by atoms with Gasteiger partial charge in [-0.15, -0.1) is 11.3 Å². The summed E-state index contributed by atoms with van der Waals surface area (Å²) in [6.45, 7) is 11.0. The van der Waals surface area contributed by atoms with E-state index in [1.54, 1.807) is 16.2 Å². The predicted octanol–water partition coefficient (Wildman–Crippen LogP) is 2.78. The lowest BCUT2D eigenvalue weighted by molar-refractivity contribution is -0.0317. The Balaban J connectivity index is 1.87. The van der Waals surface area contributed by atoms with Gasteiger partial charge < -0.3 is 14.8 Å². The number of hydrogen-bond acceptors (Lipinski definition) is 5. The molecule has 2 heterocycles. The molecule has 124 valence electrons. The van der Waals surface area contributed by atoms with Crippen molar-refractivity contribution in [1.82, 2.24) is 10.2 Å². The maximum absolute atomic E-state index is 12.3. The first kappa shape index (κ1) is 17.2. The van der Waals surface area contributed by atoms with Crippen molar-refractivity contribution in [2.24, 2.45) is 0 Å². The van der Waals surface area contributed by atoms with Gasteiger partial charge in [0, 0.05) is 24.5 Å². The lowest BCUT2D eigenvalue weighted by Gasteiger charge is -2.36. The van der Waals surface area contributed by atoms with Crippen LogP contribution in [0.5, 0.6) is 0 Å². The Bertz CT molecular complexity index is 496. The number of hydrogen-bond donors (Lipinski definition) is 1. The highest BCUT2D eigenvalue weighted by atomic mass is 32.1. The van der Waals surface area contributed by atoms with E-state index in [9.17, 15) is 4.79 Å². The van der Waals surface area contributed by atoms with E-state index in [0.717, 1.165) is 6.54 Å². The second-order valence-electron chi connectivity index (χ2n) is 6.56. The Kier molecular flexibility index (Phi) is 5.83. The van der Waals surface area contributed by atoms with Crippen LogP contribution in [0.3, 0.4) is 0 Å². The van der Waals surface area contributed by atoms with Crippen LogP contribution in [0.25, 0.3) is 0 Å². The molecule has 0 aromatic carbocycles. The molecule has 1 amide bonds. The first-order chi connectivity index (χ1) is 10.4. The summed E-state index contributed by atoms with van der Waals surface area (Å²) in [5.74, 6) is 0. The van der Waals surface area contributed by atoms with Gasteiger partial charge in [-0.1, -0.05) is 0 Å². The second-order valence-corrected chi connectivity index (χ2v) is 7.56. The van der Waals surface area contributed by atoms with Gasteiger partial charge in [-0.25, -0.2) is 4.79 Å². The van der Waals surface area contributed by atoms with Crippen LogP contribution in [0.1, 0.15) is 31.2 Å². The van der Waals surface area contributed by atoms with Crippen LogP contribution in [-0.4, -0.2) is 48.9 Å². The predicted molar refractivity (Wildman–Crippen MR) is 88.3 cm³/mol. The number of rotatable bonds is 4. The Morgan fingerprint density at radius 2 is 2.32 bits per heavy atom. The van der Waals surface area contributed by atoms with E-state index in [1.165, 1.54) is 10.4 Å². The summed E-state index contributed by atoms with van der Waals surface area (Å²) in [5.41, 5.74) is 0.836. The van der Waals surface area contributed by atoms with Crippen molar-refractivity contribution in [1.29, 1.82) is 0 Å². The summed E-state index contributed by atoms with van der Waals surface area (Å²) in [7, 11) is 0. The van der Waals surface area contributed by atoms with E-state index in [2.05, 4.69) is 23.7 Å². The van der Waals surface area contributed by atoms with Crippen LogP contribution < -0.4 is 5.32 Å². The Morgan fingerprint density at radius 3 is 2.95 bits per heavy atom. The van der Waals surface area contributed by atoms with Gasteiger partial charge in [0.05, 0.1) is 19.3 Å². The molecule has 1 aliphatic rings. The molecular formula is C16H26N2O3S. The topological polar surface area (TPSA) is 50.8 Å². The molecule has 22 heavy (non-hydrogen) atoms. The minimum atomic E-state index is -0.471. The van der Waals surface area contributed by atoms with Crippen molar-refractivity contribution in [3.63, 3.8) is 0 Å². The molecule has 0 saturated carbocycles. The molecular weight excluding hydrogens is 300 g/mol. The quantitative estimate of drug-likeness (QED) is 0.924. The van der Waals surface area contributed by atoms with Crippen LogP contribution in [0.2, 0.25) is 0 Å². The fraction of sp³-hybridized carbons (Fsp3) is 0.688. The number of morpholine rings is 1. The monoisotopic (exact) mass is 326 g/mol. The van der Waals surface area contributed by atoms with E-state index in [1.807, 2.05) is 20.8 Å². The molecule has 1 atom stereocenters. The van der Waals surface area contributed by atoms with Crippen molar-refractivity contribution < 1.29 is 14.3 Å². The SMILES string of the molecule is Cc1ccsc1CNCC1COCCN1C(=O)OC(C)(C)C. The van der Waals surface area contributed by atoms with Crippen molar-refractivity contribution in [3.8, 4) is 0 Å². The molecule has 1 saturated heterocycles. The van der Waals surface area contributed by atoms with Gasteiger partial charge in [0.1, 0.15) is 5.60 Å². The van der Waals surface area contributed by atoms with Crippen molar-refractivity contribution in [2.75, 3.05) is 26.3 Å². The summed E-state index contributed by atoms with van der Waals surface area (Å²) in [6, 6.07) is 2.14. The molecule has 0 bridgehead atoms. The standard InChI is InChI=1S/C16H26N2O3S/c1-12-5-8-22-14(12)10-17-9-13-11-20-7-6-18(13)15(19)21-16(2,3)4/h5,8,13,17H,6-7,9-11H2,1-4H3. The zero-order valence-electron chi connectivity index (χ0n) is 13.8. The van der Waals surface area contributed by atoms with Crippen LogP contribution in [0, 0.1) is 6.92 Å². The lowest BCUT2D eigenvalue weighted by atomic mass is 10.2. The molecule has 0 radical (unpaired) electrons. The van der Waals surface area contributed by atoms with Gasteiger partial charge in [-0.05, 0) is 44.7 Å². The molecule has 1 fully saturated rings. The molecule has 0 spiro atoms. The van der Waals surface area contributed by atoms with Gasteiger partial charge in [0.2, 0.25) is 0 Å². The van der Waals surface area contributed by atoms with Gasteiger partial charge in [0.15, 0.2) is 0 Å². The minimum Gasteiger partial charge on any atom is -0.444 e. The highest BCUT2D eigenvalue weighted by Gasteiger charge is 2.30. The summed E-state index contributed by atoms with van der Waals surface area (Å²) >= 11 is 1.75. The number of amides is 1. The number of thiophene rings is 1. The Morgan fingerprint density at radius 1 is 1.55 bits per heavy atom. The molecule has 1 aromatic heterocycles. The first-order valence-electron chi connectivity index (χ1n) is 7.68. The second kappa shape index (κ2) is 7.44. The molecule has 1 aromatic rings. The third-order valence-electron chi connectivity index (χ3n) is 3.49. The third kappa shape index (κ3) is 4.97. The lowest BCUT2D eigenvalue weighted by Crippen LogP contribution is -2.53. The average Bonchev–Trinajstić information content (AvgIpc) is 2.83. The smallest absolute Gasteiger partial charge is 0.410 e. The Labute approximate surface area is 136 Å². The van der Waals surface area contributed by atoms with E-state index in [0.29, 0.717) is 26.3 Å². The van der Waals surface area contributed by atoms with Crippen molar-refractivity contribution in [2.45, 2.75) is 45.9 Å². The van der Waals surface area contributed by atoms with Gasteiger partial charge in [-0.2, -0.15) is 0 Å². The first-order valence-corrected chi connectivity index (χ1v) is 8.56. The highest BCUT2D eigenvalue weighted by Crippen LogP contribution is 2.16. The molecule has 1 aliphatic heterocycles. The summed E-state index contributed by atoms with van der Waals surface area (Å²) < 4.78 is 11.0. The molecule has 6 heteroatoms. The van der Waals surface area contributed by atoms with Crippen LogP contribution >= 0.6 is 11.3 Å². The number of carbonyl (C=O) groups is 1. The number of nitrogens with zero attached hydrogens (tertiary/aromatic N) is 1. The molecule has 1 unspecified atom stereocenters. The zero-order valence-corrected chi connectivity index (χ0v) is 14.7. The van der Waals surface area contributed by atoms with Gasteiger partial charge >= 0.3 is 6.09 Å². The highest BCUT2D eigenvalue weighted by molar-refractivity contribution is 7.10. The fourth-order valence-corrected chi connectivity index (χ4v) is 3.20. The third-order valence-corrected chi connectivity index (χ3v) is 4.51.